The van der Waals surface area contributed by atoms with Crippen molar-refractivity contribution >= 4 is 5.82 Å². The third-order valence-electron chi connectivity index (χ3n) is 3.86. The molecule has 4 heteroatoms. The number of hydrogen-bond donors (Lipinski definition) is 2. The average molecular weight is 255 g/mol. The zero-order valence-electron chi connectivity index (χ0n) is 10.9. The van der Waals surface area contributed by atoms with Gasteiger partial charge in [0, 0.05) is 5.92 Å². The number of rotatable bonds is 2. The van der Waals surface area contributed by atoms with Crippen LogP contribution in [0.4, 0.5) is 5.82 Å². The molecule has 1 heterocycles. The Morgan fingerprint density at radius 1 is 1.32 bits per heavy atom. The Kier molecular flexibility index (Phi) is 2.85. The van der Waals surface area contributed by atoms with Gasteiger partial charge in [-0.15, -0.1) is 0 Å². The third-order valence-corrected chi connectivity index (χ3v) is 3.86. The largest absolute Gasteiger partial charge is 0.383 e. The predicted molar refractivity (Wildman–Crippen MR) is 75.2 cm³/mol. The first kappa shape index (κ1) is 12.0. The quantitative estimate of drug-likeness (QED) is 0.859. The summed E-state index contributed by atoms with van der Waals surface area (Å²) in [4.78, 5) is 19.2. The van der Waals surface area contributed by atoms with E-state index in [1.54, 1.807) is 0 Å². The van der Waals surface area contributed by atoms with Crippen LogP contribution in [0.3, 0.4) is 0 Å². The second kappa shape index (κ2) is 4.53. The van der Waals surface area contributed by atoms with Crippen LogP contribution in [0.15, 0.2) is 29.1 Å². The van der Waals surface area contributed by atoms with Gasteiger partial charge >= 0.3 is 0 Å². The lowest BCUT2D eigenvalue weighted by atomic mass is 10.1. The van der Waals surface area contributed by atoms with Crippen LogP contribution in [0.5, 0.6) is 0 Å². The van der Waals surface area contributed by atoms with Gasteiger partial charge in [-0.05, 0) is 30.4 Å². The summed E-state index contributed by atoms with van der Waals surface area (Å²) in [6, 6.07) is 8.37. The smallest absolute Gasteiger partial charge is 0.256 e. The van der Waals surface area contributed by atoms with E-state index in [9.17, 15) is 4.79 Å². The van der Waals surface area contributed by atoms with Crippen LogP contribution >= 0.6 is 0 Å². The lowest BCUT2D eigenvalue weighted by Crippen LogP contribution is -2.21. The molecule has 1 aliphatic carbocycles. The molecule has 3 rings (SSSR count). The maximum atomic E-state index is 11.9. The summed E-state index contributed by atoms with van der Waals surface area (Å²) in [6.07, 6.45) is 2.45. The summed E-state index contributed by atoms with van der Waals surface area (Å²) < 4.78 is 0. The van der Waals surface area contributed by atoms with Crippen molar-refractivity contribution in [2.75, 3.05) is 5.73 Å². The van der Waals surface area contributed by atoms with Crippen molar-refractivity contribution in [3.63, 3.8) is 0 Å². The zero-order valence-corrected chi connectivity index (χ0v) is 10.9. The first-order valence-electron chi connectivity index (χ1n) is 6.64. The molecular weight excluding hydrogens is 238 g/mol. The number of H-pyrrole nitrogens is 1. The molecule has 0 radical (unpaired) electrons. The fourth-order valence-electron chi connectivity index (χ4n) is 2.82. The minimum Gasteiger partial charge on any atom is -0.383 e. The van der Waals surface area contributed by atoms with Crippen LogP contribution in [-0.2, 0) is 19.3 Å². The molecule has 0 amide bonds. The SMILES string of the molecule is CCc1c(N)nc(C2Cc3ccccc3C2)[nH]c1=O. The van der Waals surface area contributed by atoms with Crippen molar-refractivity contribution in [3.05, 3.63) is 57.1 Å². The zero-order chi connectivity index (χ0) is 13.4. The van der Waals surface area contributed by atoms with Gasteiger partial charge < -0.3 is 10.7 Å². The minimum atomic E-state index is -0.0963. The van der Waals surface area contributed by atoms with Crippen molar-refractivity contribution in [1.82, 2.24) is 9.97 Å². The van der Waals surface area contributed by atoms with Crippen LogP contribution in [0.2, 0.25) is 0 Å². The van der Waals surface area contributed by atoms with Gasteiger partial charge in [-0.25, -0.2) is 4.98 Å². The van der Waals surface area contributed by atoms with E-state index in [1.165, 1.54) is 11.1 Å². The summed E-state index contributed by atoms with van der Waals surface area (Å²) >= 11 is 0. The van der Waals surface area contributed by atoms with Gasteiger partial charge in [0.15, 0.2) is 0 Å². The molecule has 3 N–H and O–H groups in total. The highest BCUT2D eigenvalue weighted by molar-refractivity contribution is 5.40. The van der Waals surface area contributed by atoms with E-state index >= 15 is 0 Å². The Morgan fingerprint density at radius 2 is 1.95 bits per heavy atom. The molecule has 4 nitrogen and oxygen atoms in total. The number of nitrogens with zero attached hydrogens (tertiary/aromatic N) is 1. The first-order valence-corrected chi connectivity index (χ1v) is 6.64. The molecule has 0 saturated carbocycles. The van der Waals surface area contributed by atoms with E-state index in [0.717, 1.165) is 18.7 Å². The molecule has 2 aromatic rings. The van der Waals surface area contributed by atoms with Crippen molar-refractivity contribution in [2.45, 2.75) is 32.1 Å². The number of nitrogens with two attached hydrogens (primary N) is 1. The molecule has 0 aliphatic heterocycles. The van der Waals surface area contributed by atoms with Crippen molar-refractivity contribution < 1.29 is 0 Å². The molecule has 19 heavy (non-hydrogen) atoms. The number of aromatic nitrogens is 2. The monoisotopic (exact) mass is 255 g/mol. The third kappa shape index (κ3) is 2.03. The highest BCUT2D eigenvalue weighted by atomic mass is 16.1. The minimum absolute atomic E-state index is 0.0963. The maximum absolute atomic E-state index is 11.9. The summed E-state index contributed by atoms with van der Waals surface area (Å²) in [5, 5.41) is 0. The van der Waals surface area contributed by atoms with Gasteiger partial charge in [0.05, 0.1) is 5.56 Å². The van der Waals surface area contributed by atoms with Crippen LogP contribution in [0, 0.1) is 0 Å². The standard InChI is InChI=1S/C15H17N3O/c1-2-12-13(16)17-14(18-15(12)19)11-7-9-5-3-4-6-10(9)8-11/h3-6,11H,2,7-8H2,1H3,(H3,16,17,18,19). The van der Waals surface area contributed by atoms with E-state index < -0.39 is 0 Å². The molecule has 1 aliphatic rings. The van der Waals surface area contributed by atoms with Gasteiger partial charge in [-0.1, -0.05) is 31.2 Å². The maximum Gasteiger partial charge on any atom is 0.256 e. The predicted octanol–water partition coefficient (Wildman–Crippen LogP) is 1.80. The van der Waals surface area contributed by atoms with Gasteiger partial charge in [-0.2, -0.15) is 0 Å². The highest BCUT2D eigenvalue weighted by Crippen LogP contribution is 2.32. The van der Waals surface area contributed by atoms with E-state index in [4.69, 9.17) is 5.73 Å². The lowest BCUT2D eigenvalue weighted by Gasteiger charge is -2.10. The van der Waals surface area contributed by atoms with E-state index in [2.05, 4.69) is 22.1 Å². The number of benzene rings is 1. The molecular formula is C15H17N3O. The molecule has 0 unspecified atom stereocenters. The Morgan fingerprint density at radius 3 is 2.47 bits per heavy atom. The van der Waals surface area contributed by atoms with E-state index in [0.29, 0.717) is 17.8 Å². The Balaban J connectivity index is 1.96. The molecule has 1 aromatic carbocycles. The fourth-order valence-corrected chi connectivity index (χ4v) is 2.82. The second-order valence-electron chi connectivity index (χ2n) is 5.04. The van der Waals surface area contributed by atoms with Crippen LogP contribution in [-0.4, -0.2) is 9.97 Å². The average Bonchev–Trinajstić information content (AvgIpc) is 2.82. The van der Waals surface area contributed by atoms with E-state index in [-0.39, 0.29) is 11.5 Å². The summed E-state index contributed by atoms with van der Waals surface area (Å²) in [5.41, 5.74) is 9.04. The Bertz CT molecular complexity index is 650. The number of hydrogen-bond acceptors (Lipinski definition) is 3. The number of anilines is 1. The van der Waals surface area contributed by atoms with Gasteiger partial charge in [0.25, 0.3) is 5.56 Å². The molecule has 0 bridgehead atoms. The Hall–Kier alpha value is -2.10. The molecule has 0 atom stereocenters. The van der Waals surface area contributed by atoms with Crippen molar-refractivity contribution in [3.8, 4) is 0 Å². The molecule has 0 spiro atoms. The highest BCUT2D eigenvalue weighted by Gasteiger charge is 2.25. The van der Waals surface area contributed by atoms with Gasteiger partial charge in [0.2, 0.25) is 0 Å². The normalized spacial score (nSPS) is 14.6. The summed E-state index contributed by atoms with van der Waals surface area (Å²) in [5.74, 6) is 1.33. The lowest BCUT2D eigenvalue weighted by molar-refractivity contribution is 0.676. The Labute approximate surface area is 111 Å². The van der Waals surface area contributed by atoms with Crippen molar-refractivity contribution in [1.29, 1.82) is 0 Å². The summed E-state index contributed by atoms with van der Waals surface area (Å²) in [7, 11) is 0. The van der Waals surface area contributed by atoms with Crippen LogP contribution < -0.4 is 11.3 Å². The first-order chi connectivity index (χ1) is 9.19. The van der Waals surface area contributed by atoms with E-state index in [1.807, 2.05) is 19.1 Å². The van der Waals surface area contributed by atoms with Gasteiger partial charge in [-0.3, -0.25) is 4.79 Å². The molecule has 1 aromatic heterocycles. The summed E-state index contributed by atoms with van der Waals surface area (Å²) in [6.45, 7) is 1.91. The van der Waals surface area contributed by atoms with Crippen LogP contribution in [0.1, 0.15) is 35.4 Å². The molecule has 98 valence electrons. The number of nitrogens with one attached hydrogen (secondary N) is 1. The molecule has 0 fully saturated rings. The van der Waals surface area contributed by atoms with Crippen LogP contribution in [0.25, 0.3) is 0 Å². The fraction of sp³-hybridized carbons (Fsp3) is 0.333. The number of fused-ring (bicyclic) bond motifs is 1. The van der Waals surface area contributed by atoms with Crippen molar-refractivity contribution in [2.24, 2.45) is 0 Å². The van der Waals surface area contributed by atoms with Gasteiger partial charge in [0.1, 0.15) is 11.6 Å². The molecule has 0 saturated heterocycles. The topological polar surface area (TPSA) is 71.8 Å². The number of aromatic amines is 1. The second-order valence-corrected chi connectivity index (χ2v) is 5.04. The number of nitrogen functional groups attached to an aromatic ring is 1.